The Morgan fingerprint density at radius 1 is 1.61 bits per heavy atom. The van der Waals surface area contributed by atoms with Crippen molar-refractivity contribution in [3.05, 3.63) is 22.4 Å². The topological polar surface area (TPSA) is 32.3 Å². The average Bonchev–Trinajstić information content (AvgIpc) is 2.89. The molecule has 2 fully saturated rings. The second-order valence-corrected chi connectivity index (χ2v) is 6.56. The van der Waals surface area contributed by atoms with Gasteiger partial charge in [-0.2, -0.15) is 11.3 Å². The molecular weight excluding hydrogens is 244 g/mol. The van der Waals surface area contributed by atoms with Crippen molar-refractivity contribution in [3.63, 3.8) is 0 Å². The van der Waals surface area contributed by atoms with Gasteiger partial charge in [0.15, 0.2) is 0 Å². The van der Waals surface area contributed by atoms with Crippen LogP contribution in [0.3, 0.4) is 0 Å². The molecule has 0 bridgehead atoms. The van der Waals surface area contributed by atoms with Crippen LogP contribution in [0.15, 0.2) is 16.8 Å². The van der Waals surface area contributed by atoms with E-state index in [1.807, 2.05) is 0 Å². The van der Waals surface area contributed by atoms with E-state index in [0.717, 1.165) is 26.1 Å². The molecule has 98 valence electrons. The Morgan fingerprint density at radius 3 is 3.00 bits per heavy atom. The molecular formula is C14H20N2OS. The lowest BCUT2D eigenvalue weighted by Crippen LogP contribution is -2.44. The monoisotopic (exact) mass is 264 g/mol. The van der Waals surface area contributed by atoms with Crippen LogP contribution in [0.2, 0.25) is 0 Å². The van der Waals surface area contributed by atoms with E-state index in [1.54, 1.807) is 11.3 Å². The zero-order valence-electron chi connectivity index (χ0n) is 10.8. The summed E-state index contributed by atoms with van der Waals surface area (Å²) >= 11 is 1.71. The number of hydrogen-bond acceptors (Lipinski definition) is 3. The second-order valence-electron chi connectivity index (χ2n) is 5.78. The van der Waals surface area contributed by atoms with Crippen molar-refractivity contribution in [2.45, 2.75) is 38.8 Å². The van der Waals surface area contributed by atoms with Crippen LogP contribution in [0, 0.1) is 5.41 Å². The number of thiophene rings is 1. The predicted octanol–water partition coefficient (Wildman–Crippen LogP) is 2.24. The highest BCUT2D eigenvalue weighted by atomic mass is 32.1. The normalized spacial score (nSPS) is 27.4. The van der Waals surface area contributed by atoms with Gasteiger partial charge in [0, 0.05) is 19.1 Å². The van der Waals surface area contributed by atoms with Gasteiger partial charge in [0.2, 0.25) is 5.91 Å². The molecule has 1 aromatic rings. The van der Waals surface area contributed by atoms with Crippen LogP contribution in [-0.4, -0.2) is 29.9 Å². The first-order chi connectivity index (χ1) is 8.69. The molecule has 1 atom stereocenters. The van der Waals surface area contributed by atoms with Crippen molar-refractivity contribution in [3.8, 4) is 0 Å². The predicted molar refractivity (Wildman–Crippen MR) is 73.5 cm³/mol. The summed E-state index contributed by atoms with van der Waals surface area (Å²) < 4.78 is 0. The number of hydrogen-bond donors (Lipinski definition) is 1. The highest BCUT2D eigenvalue weighted by molar-refractivity contribution is 7.07. The fourth-order valence-electron chi connectivity index (χ4n) is 2.68. The van der Waals surface area contributed by atoms with Crippen LogP contribution in [0.25, 0.3) is 0 Å². The number of rotatable bonds is 4. The van der Waals surface area contributed by atoms with Gasteiger partial charge in [-0.15, -0.1) is 0 Å². The van der Waals surface area contributed by atoms with E-state index < -0.39 is 0 Å². The summed E-state index contributed by atoms with van der Waals surface area (Å²) in [5, 5.41) is 7.56. The Hall–Kier alpha value is -0.870. The fourth-order valence-corrected chi connectivity index (χ4v) is 3.34. The Labute approximate surface area is 112 Å². The summed E-state index contributed by atoms with van der Waals surface area (Å²) in [5.41, 5.74) is 1.09. The van der Waals surface area contributed by atoms with Crippen molar-refractivity contribution >= 4 is 17.2 Å². The number of nitrogens with zero attached hydrogens (tertiary/aromatic N) is 1. The Bertz CT molecular complexity index is 419. The average molecular weight is 264 g/mol. The van der Waals surface area contributed by atoms with Crippen LogP contribution in [0.4, 0.5) is 0 Å². The first-order valence-electron chi connectivity index (χ1n) is 6.72. The van der Waals surface area contributed by atoms with Crippen molar-refractivity contribution in [2.75, 3.05) is 13.1 Å². The third-order valence-corrected chi connectivity index (χ3v) is 4.80. The van der Waals surface area contributed by atoms with Gasteiger partial charge in [-0.3, -0.25) is 4.79 Å². The molecule has 18 heavy (non-hydrogen) atoms. The van der Waals surface area contributed by atoms with Gasteiger partial charge >= 0.3 is 0 Å². The largest absolute Gasteiger partial charge is 0.335 e. The number of carbonyl (C=O) groups excluding carboxylic acids is 1. The molecule has 3 rings (SSSR count). The molecule has 0 aromatic carbocycles. The van der Waals surface area contributed by atoms with Crippen LogP contribution >= 0.6 is 11.3 Å². The SMILES string of the molecule is CC1(C(=O)N(Cc2ccsc2)C2CC2)CCNC1. The third-order valence-electron chi connectivity index (χ3n) is 4.07. The van der Waals surface area contributed by atoms with E-state index >= 15 is 0 Å². The smallest absolute Gasteiger partial charge is 0.230 e. The number of amides is 1. The minimum atomic E-state index is -0.182. The van der Waals surface area contributed by atoms with Crippen molar-refractivity contribution in [1.82, 2.24) is 10.2 Å². The van der Waals surface area contributed by atoms with Gasteiger partial charge < -0.3 is 10.2 Å². The van der Waals surface area contributed by atoms with E-state index in [-0.39, 0.29) is 5.41 Å². The van der Waals surface area contributed by atoms with Gasteiger partial charge in [-0.25, -0.2) is 0 Å². The van der Waals surface area contributed by atoms with Crippen molar-refractivity contribution in [1.29, 1.82) is 0 Å². The molecule has 1 aliphatic heterocycles. The summed E-state index contributed by atoms with van der Waals surface area (Å²) in [5.74, 6) is 0.348. The lowest BCUT2D eigenvalue weighted by Gasteiger charge is -2.31. The Balaban J connectivity index is 1.75. The quantitative estimate of drug-likeness (QED) is 0.904. The van der Waals surface area contributed by atoms with Gasteiger partial charge in [0.05, 0.1) is 5.41 Å². The maximum Gasteiger partial charge on any atom is 0.230 e. The van der Waals surface area contributed by atoms with Crippen LogP contribution in [-0.2, 0) is 11.3 Å². The lowest BCUT2D eigenvalue weighted by atomic mass is 9.88. The van der Waals surface area contributed by atoms with E-state index in [9.17, 15) is 4.79 Å². The summed E-state index contributed by atoms with van der Waals surface area (Å²) in [6.45, 7) is 4.71. The van der Waals surface area contributed by atoms with Crippen molar-refractivity contribution < 1.29 is 4.79 Å². The van der Waals surface area contributed by atoms with Gasteiger partial charge in [0.25, 0.3) is 0 Å². The molecule has 1 unspecified atom stereocenters. The minimum absolute atomic E-state index is 0.182. The van der Waals surface area contributed by atoms with Gasteiger partial charge in [-0.1, -0.05) is 0 Å². The van der Waals surface area contributed by atoms with E-state index in [1.165, 1.54) is 18.4 Å². The molecule has 0 spiro atoms. The van der Waals surface area contributed by atoms with Gasteiger partial charge in [-0.05, 0) is 55.1 Å². The molecule has 1 N–H and O–H groups in total. The first kappa shape index (κ1) is 12.2. The molecule has 1 aromatic heterocycles. The summed E-state index contributed by atoms with van der Waals surface area (Å²) in [4.78, 5) is 14.9. The lowest BCUT2D eigenvalue weighted by molar-refractivity contribution is -0.141. The molecule has 1 saturated heterocycles. The zero-order valence-corrected chi connectivity index (χ0v) is 11.6. The third kappa shape index (κ3) is 2.31. The second kappa shape index (κ2) is 4.67. The zero-order chi connectivity index (χ0) is 12.6. The highest BCUT2D eigenvalue weighted by Gasteiger charge is 2.43. The van der Waals surface area contributed by atoms with Crippen molar-refractivity contribution in [2.24, 2.45) is 5.41 Å². The summed E-state index contributed by atoms with van der Waals surface area (Å²) in [6, 6.07) is 2.62. The Kier molecular flexibility index (Phi) is 3.16. The maximum atomic E-state index is 12.8. The summed E-state index contributed by atoms with van der Waals surface area (Å²) in [6.07, 6.45) is 3.33. The van der Waals surface area contributed by atoms with E-state index in [4.69, 9.17) is 0 Å². The fraction of sp³-hybridized carbons (Fsp3) is 0.643. The molecule has 1 amide bonds. The molecule has 1 saturated carbocycles. The standard InChI is InChI=1S/C14H20N2OS/c1-14(5-6-15-10-14)13(17)16(12-2-3-12)8-11-4-7-18-9-11/h4,7,9,12,15H,2-3,5-6,8,10H2,1H3. The van der Waals surface area contributed by atoms with E-state index in [0.29, 0.717) is 11.9 Å². The molecule has 1 aliphatic carbocycles. The first-order valence-corrected chi connectivity index (χ1v) is 7.66. The molecule has 0 radical (unpaired) electrons. The van der Waals surface area contributed by atoms with E-state index in [2.05, 4.69) is 34.0 Å². The number of nitrogens with one attached hydrogen (secondary N) is 1. The molecule has 4 heteroatoms. The van der Waals surface area contributed by atoms with Gasteiger partial charge in [0.1, 0.15) is 0 Å². The summed E-state index contributed by atoms with van der Waals surface area (Å²) in [7, 11) is 0. The minimum Gasteiger partial charge on any atom is -0.335 e. The van der Waals surface area contributed by atoms with Crippen LogP contribution in [0.5, 0.6) is 0 Å². The highest BCUT2D eigenvalue weighted by Crippen LogP contribution is 2.35. The Morgan fingerprint density at radius 2 is 2.44 bits per heavy atom. The van der Waals surface area contributed by atoms with Crippen LogP contribution < -0.4 is 5.32 Å². The molecule has 2 heterocycles. The number of carbonyl (C=O) groups is 1. The maximum absolute atomic E-state index is 12.8. The molecule has 3 nitrogen and oxygen atoms in total. The molecule has 2 aliphatic rings. The van der Waals surface area contributed by atoms with Crippen LogP contribution in [0.1, 0.15) is 31.7 Å².